The number of hydrogen-bond donors (Lipinski definition) is 3. The summed E-state index contributed by atoms with van der Waals surface area (Å²) < 4.78 is 4.99. The molecule has 0 aliphatic heterocycles. The molecule has 0 fully saturated rings. The molecule has 0 spiro atoms. The van der Waals surface area contributed by atoms with Crippen LogP contribution >= 0.6 is 12.2 Å². The average Bonchev–Trinajstić information content (AvgIpc) is 2.47. The van der Waals surface area contributed by atoms with Crippen molar-refractivity contribution in [3.63, 3.8) is 0 Å². The lowest BCUT2D eigenvalue weighted by molar-refractivity contribution is -0.134. The summed E-state index contributed by atoms with van der Waals surface area (Å²) in [5.41, 5.74) is 13.9. The number of aryl methyl sites for hydroxylation is 2. The van der Waals surface area contributed by atoms with Crippen LogP contribution in [0.4, 0.5) is 5.69 Å². The molecule has 8 heteroatoms. The van der Waals surface area contributed by atoms with E-state index in [9.17, 15) is 4.79 Å². The molecular formula is C15H21N5O2S. The van der Waals surface area contributed by atoms with Crippen LogP contribution in [0.5, 0.6) is 0 Å². The van der Waals surface area contributed by atoms with Crippen molar-refractivity contribution >= 4 is 40.4 Å². The molecule has 0 aliphatic carbocycles. The summed E-state index contributed by atoms with van der Waals surface area (Å²) in [6, 6.07) is 5.85. The number of carbonyl (C=O) groups is 1. The van der Waals surface area contributed by atoms with Gasteiger partial charge in [-0.05, 0) is 51.5 Å². The number of rotatable bonds is 6. The number of esters is 1. The van der Waals surface area contributed by atoms with Crippen LogP contribution in [-0.4, -0.2) is 29.1 Å². The first-order chi connectivity index (χ1) is 10.8. The van der Waals surface area contributed by atoms with E-state index >= 15 is 0 Å². The Hall–Kier alpha value is -2.48. The molecule has 0 radical (unpaired) electrons. The third-order valence-corrected chi connectivity index (χ3v) is 2.91. The summed E-state index contributed by atoms with van der Waals surface area (Å²) in [4.78, 5) is 12.0. The lowest BCUT2D eigenvalue weighted by Crippen LogP contribution is -2.30. The highest BCUT2D eigenvalue weighted by atomic mass is 32.1. The number of nitrogens with two attached hydrogens (primary N) is 1. The number of hydrogen-bond acceptors (Lipinski definition) is 6. The van der Waals surface area contributed by atoms with Crippen LogP contribution in [0.2, 0.25) is 0 Å². The molecule has 1 aromatic carbocycles. The number of nitrogens with zero attached hydrogens (tertiary/aromatic N) is 2. The Morgan fingerprint density at radius 3 is 2.61 bits per heavy atom. The van der Waals surface area contributed by atoms with Crippen LogP contribution in [0.25, 0.3) is 0 Å². The molecule has 0 bridgehead atoms. The maximum atomic E-state index is 12.0. The van der Waals surface area contributed by atoms with E-state index in [0.717, 1.165) is 16.8 Å². The van der Waals surface area contributed by atoms with Gasteiger partial charge in [0.2, 0.25) is 0 Å². The third kappa shape index (κ3) is 6.03. The van der Waals surface area contributed by atoms with E-state index in [4.69, 9.17) is 10.5 Å². The normalized spacial score (nSPS) is 11.8. The van der Waals surface area contributed by atoms with Gasteiger partial charge in [0, 0.05) is 0 Å². The van der Waals surface area contributed by atoms with Crippen molar-refractivity contribution in [3.05, 3.63) is 29.3 Å². The predicted molar refractivity (Wildman–Crippen MR) is 96.6 cm³/mol. The third-order valence-electron chi connectivity index (χ3n) is 2.82. The number of thiocarbonyl (C=S) groups is 1. The van der Waals surface area contributed by atoms with Gasteiger partial charge in [-0.2, -0.15) is 10.2 Å². The van der Waals surface area contributed by atoms with Crippen LogP contribution in [-0.2, 0) is 9.53 Å². The minimum atomic E-state index is -0.587. The summed E-state index contributed by atoms with van der Waals surface area (Å²) in [6.45, 7) is 7.50. The molecule has 23 heavy (non-hydrogen) atoms. The highest BCUT2D eigenvalue weighted by Crippen LogP contribution is 2.15. The lowest BCUT2D eigenvalue weighted by atomic mass is 10.1. The van der Waals surface area contributed by atoms with E-state index in [1.54, 1.807) is 13.8 Å². The Balaban J connectivity index is 3.05. The number of nitrogens with one attached hydrogen (secondary N) is 2. The summed E-state index contributed by atoms with van der Waals surface area (Å²) in [7, 11) is 0. The van der Waals surface area contributed by atoms with Gasteiger partial charge < -0.3 is 10.5 Å². The van der Waals surface area contributed by atoms with E-state index in [-0.39, 0.29) is 17.4 Å². The second kappa shape index (κ2) is 8.84. The molecule has 0 saturated heterocycles. The predicted octanol–water partition coefficient (Wildman–Crippen LogP) is 1.84. The summed E-state index contributed by atoms with van der Waals surface area (Å²) in [5.74, 6) is -0.587. The molecular weight excluding hydrogens is 314 g/mol. The van der Waals surface area contributed by atoms with Gasteiger partial charge in [-0.1, -0.05) is 17.7 Å². The Bertz CT molecular complexity index is 655. The van der Waals surface area contributed by atoms with Crippen molar-refractivity contribution in [2.75, 3.05) is 12.0 Å². The Labute approximate surface area is 141 Å². The fraction of sp³-hybridized carbons (Fsp3) is 0.333. The minimum Gasteiger partial charge on any atom is -0.461 e. The number of anilines is 1. The van der Waals surface area contributed by atoms with Crippen molar-refractivity contribution in [3.8, 4) is 0 Å². The summed E-state index contributed by atoms with van der Waals surface area (Å²) in [5, 5.41) is 8.02. The highest BCUT2D eigenvalue weighted by Gasteiger charge is 2.17. The van der Waals surface area contributed by atoms with Crippen LogP contribution in [0, 0.1) is 13.8 Å². The van der Waals surface area contributed by atoms with Gasteiger partial charge in [0.15, 0.2) is 10.8 Å². The molecule has 0 atom stereocenters. The Morgan fingerprint density at radius 2 is 2.04 bits per heavy atom. The summed E-state index contributed by atoms with van der Waals surface area (Å²) in [6.07, 6.45) is 0. The SMILES string of the molecule is CCOC(=O)C(=N/Nc1ccc(C)cc1C)/C(C)=N\NC(N)=S. The van der Waals surface area contributed by atoms with Crippen LogP contribution in [0.15, 0.2) is 28.4 Å². The van der Waals surface area contributed by atoms with Gasteiger partial charge >= 0.3 is 5.97 Å². The molecule has 0 heterocycles. The van der Waals surface area contributed by atoms with E-state index in [0.29, 0.717) is 5.71 Å². The number of hydrazone groups is 2. The molecule has 4 N–H and O–H groups in total. The van der Waals surface area contributed by atoms with Gasteiger partial charge in [0.25, 0.3) is 0 Å². The highest BCUT2D eigenvalue weighted by molar-refractivity contribution is 7.80. The molecule has 1 aromatic rings. The molecule has 0 saturated carbocycles. The molecule has 0 aliphatic rings. The monoisotopic (exact) mass is 335 g/mol. The molecule has 7 nitrogen and oxygen atoms in total. The van der Waals surface area contributed by atoms with Gasteiger partial charge in [-0.25, -0.2) is 4.79 Å². The van der Waals surface area contributed by atoms with Gasteiger partial charge in [-0.15, -0.1) is 0 Å². The number of carbonyl (C=O) groups excluding carboxylic acids is 1. The lowest BCUT2D eigenvalue weighted by Gasteiger charge is -2.09. The number of ether oxygens (including phenoxy) is 1. The number of benzene rings is 1. The first kappa shape index (κ1) is 18.6. The molecule has 0 aromatic heterocycles. The second-order valence-corrected chi connectivity index (χ2v) is 5.22. The quantitative estimate of drug-likeness (QED) is 0.317. The minimum absolute atomic E-state index is 0.00472. The molecule has 1 rings (SSSR count). The fourth-order valence-electron chi connectivity index (χ4n) is 1.72. The van der Waals surface area contributed by atoms with Crippen LogP contribution in [0.1, 0.15) is 25.0 Å². The zero-order valence-corrected chi connectivity index (χ0v) is 14.5. The standard InChI is InChI=1S/C15H21N5O2S/c1-5-22-14(21)13(11(4)17-20-15(16)23)19-18-12-7-6-9(2)8-10(12)3/h6-8,18H,5H2,1-4H3,(H3,16,20,23)/b17-11-,19-13+. The zero-order chi connectivity index (χ0) is 17.4. The zero-order valence-electron chi connectivity index (χ0n) is 13.6. The topological polar surface area (TPSA) is 101 Å². The smallest absolute Gasteiger partial charge is 0.360 e. The molecule has 124 valence electrons. The van der Waals surface area contributed by atoms with Gasteiger partial charge in [-0.3, -0.25) is 10.9 Å². The average molecular weight is 335 g/mol. The molecule has 0 unspecified atom stereocenters. The van der Waals surface area contributed by atoms with E-state index in [1.807, 2.05) is 32.0 Å². The van der Waals surface area contributed by atoms with E-state index in [2.05, 4.69) is 33.3 Å². The van der Waals surface area contributed by atoms with E-state index in [1.165, 1.54) is 0 Å². The Kier molecular flexibility index (Phi) is 7.14. The van der Waals surface area contributed by atoms with Crippen LogP contribution < -0.4 is 16.6 Å². The van der Waals surface area contributed by atoms with E-state index < -0.39 is 5.97 Å². The van der Waals surface area contributed by atoms with Crippen LogP contribution in [0.3, 0.4) is 0 Å². The Morgan fingerprint density at radius 1 is 1.35 bits per heavy atom. The first-order valence-corrected chi connectivity index (χ1v) is 7.44. The van der Waals surface area contributed by atoms with Crippen molar-refractivity contribution in [1.82, 2.24) is 5.43 Å². The second-order valence-electron chi connectivity index (χ2n) is 4.78. The summed E-state index contributed by atoms with van der Waals surface area (Å²) >= 11 is 4.68. The largest absolute Gasteiger partial charge is 0.461 e. The maximum Gasteiger partial charge on any atom is 0.360 e. The molecule has 0 amide bonds. The van der Waals surface area contributed by atoms with Crippen molar-refractivity contribution in [1.29, 1.82) is 0 Å². The fourth-order valence-corrected chi connectivity index (χ4v) is 1.77. The van der Waals surface area contributed by atoms with Crippen molar-refractivity contribution in [2.24, 2.45) is 15.9 Å². The van der Waals surface area contributed by atoms with Gasteiger partial charge in [0.05, 0.1) is 18.0 Å². The maximum absolute atomic E-state index is 12.0. The van der Waals surface area contributed by atoms with Gasteiger partial charge in [0.1, 0.15) is 0 Å². The van der Waals surface area contributed by atoms with Crippen molar-refractivity contribution < 1.29 is 9.53 Å². The first-order valence-electron chi connectivity index (χ1n) is 7.03. The van der Waals surface area contributed by atoms with Crippen molar-refractivity contribution in [2.45, 2.75) is 27.7 Å².